The average Bonchev–Trinajstić information content (AvgIpc) is 2.89. The Morgan fingerprint density at radius 1 is 1.07 bits per heavy atom. The number of fused-ring (bicyclic) bond motifs is 1. The summed E-state index contributed by atoms with van der Waals surface area (Å²) >= 11 is 1.13. The monoisotopic (exact) mass is 404 g/mol. The van der Waals surface area contributed by atoms with Crippen LogP contribution in [0.2, 0.25) is 0 Å². The van der Waals surface area contributed by atoms with Gasteiger partial charge in [0.15, 0.2) is 0 Å². The lowest BCUT2D eigenvalue weighted by Crippen LogP contribution is -2.15. The van der Waals surface area contributed by atoms with Gasteiger partial charge in [0.1, 0.15) is 0 Å². The zero-order valence-electron chi connectivity index (χ0n) is 15.9. The van der Waals surface area contributed by atoms with Crippen LogP contribution in [0.1, 0.15) is 39.7 Å². The topological polar surface area (TPSA) is 68.2 Å². The Balaban J connectivity index is 1.90. The molecule has 27 heavy (non-hydrogen) atoms. The van der Waals surface area contributed by atoms with Gasteiger partial charge in [0.05, 0.1) is 20.8 Å². The van der Waals surface area contributed by atoms with Crippen molar-refractivity contribution in [2.75, 3.05) is 4.72 Å². The lowest BCUT2D eigenvalue weighted by Gasteiger charge is -2.19. The zero-order chi connectivity index (χ0) is 19.8. The number of thiazole rings is 1. The molecular formula is C20H24N2O3S2. The Kier molecular flexibility index (Phi) is 5.18. The summed E-state index contributed by atoms with van der Waals surface area (Å²) in [6, 6.07) is 12.1. The molecule has 0 fully saturated rings. The minimum atomic E-state index is -3.69. The molecule has 1 heterocycles. The van der Waals surface area contributed by atoms with Crippen molar-refractivity contribution in [3.8, 4) is 0 Å². The Bertz CT molecular complexity index is 1120. The standard InChI is InChI=1S/C20H24N2O3S2/c1-5-12-22-17-11-8-15(13-18(17)26-19(22)23)21-27(24,25)16-9-6-14(7-10-16)20(2,3)4/h6-11,13,21H,5,12H2,1-4H3. The van der Waals surface area contributed by atoms with E-state index in [1.807, 2.05) is 19.1 Å². The zero-order valence-corrected chi connectivity index (χ0v) is 17.6. The molecule has 144 valence electrons. The molecule has 1 N–H and O–H groups in total. The first kappa shape index (κ1) is 19.6. The van der Waals surface area contributed by atoms with Gasteiger partial charge in [-0.2, -0.15) is 0 Å². The smallest absolute Gasteiger partial charge is 0.299 e. The molecule has 0 unspecified atom stereocenters. The predicted molar refractivity (Wildman–Crippen MR) is 112 cm³/mol. The number of hydrogen-bond acceptors (Lipinski definition) is 4. The van der Waals surface area contributed by atoms with Crippen LogP contribution in [-0.4, -0.2) is 13.0 Å². The van der Waals surface area contributed by atoms with E-state index in [-0.39, 0.29) is 15.2 Å². The van der Waals surface area contributed by atoms with Gasteiger partial charge in [0.2, 0.25) is 0 Å². The lowest BCUT2D eigenvalue weighted by molar-refractivity contribution is 0.587. The van der Waals surface area contributed by atoms with E-state index in [4.69, 9.17) is 0 Å². The van der Waals surface area contributed by atoms with Gasteiger partial charge in [0, 0.05) is 6.54 Å². The third-order valence-corrected chi connectivity index (χ3v) is 6.74. The molecule has 0 amide bonds. The van der Waals surface area contributed by atoms with E-state index in [1.165, 1.54) is 0 Å². The number of aromatic nitrogens is 1. The largest absolute Gasteiger partial charge is 0.308 e. The molecular weight excluding hydrogens is 380 g/mol. The van der Waals surface area contributed by atoms with Crippen LogP contribution in [0, 0.1) is 0 Å². The highest BCUT2D eigenvalue weighted by atomic mass is 32.2. The predicted octanol–water partition coefficient (Wildman–Crippen LogP) is 4.57. The molecule has 3 rings (SSSR count). The van der Waals surface area contributed by atoms with Crippen molar-refractivity contribution in [1.82, 2.24) is 4.57 Å². The van der Waals surface area contributed by atoms with E-state index in [0.717, 1.165) is 33.5 Å². The first-order chi connectivity index (χ1) is 12.6. The number of sulfonamides is 1. The molecule has 0 radical (unpaired) electrons. The third kappa shape index (κ3) is 4.09. The SMILES string of the molecule is CCCn1c(=O)sc2cc(NS(=O)(=O)c3ccc(C(C)(C)C)cc3)ccc21. The van der Waals surface area contributed by atoms with E-state index >= 15 is 0 Å². The summed E-state index contributed by atoms with van der Waals surface area (Å²) in [6.07, 6.45) is 0.866. The number of hydrogen-bond donors (Lipinski definition) is 1. The molecule has 7 heteroatoms. The van der Waals surface area contributed by atoms with Crippen molar-refractivity contribution in [2.24, 2.45) is 0 Å². The van der Waals surface area contributed by atoms with Crippen molar-refractivity contribution >= 4 is 37.3 Å². The first-order valence-electron chi connectivity index (χ1n) is 8.88. The summed E-state index contributed by atoms with van der Waals surface area (Å²) in [4.78, 5) is 12.3. The Labute approximate surface area is 163 Å². The summed E-state index contributed by atoms with van der Waals surface area (Å²) in [5.74, 6) is 0. The molecule has 1 aromatic heterocycles. The molecule has 3 aromatic rings. The number of anilines is 1. The highest BCUT2D eigenvalue weighted by Gasteiger charge is 2.18. The summed E-state index contributed by atoms with van der Waals surface area (Å²) in [5, 5.41) is 0. The van der Waals surface area contributed by atoms with Gasteiger partial charge in [-0.3, -0.25) is 14.1 Å². The number of nitrogens with zero attached hydrogens (tertiary/aromatic N) is 1. The fourth-order valence-electron chi connectivity index (χ4n) is 2.91. The number of rotatable bonds is 5. The maximum absolute atomic E-state index is 12.7. The van der Waals surface area contributed by atoms with Gasteiger partial charge < -0.3 is 0 Å². The molecule has 0 spiro atoms. The molecule has 2 aromatic carbocycles. The van der Waals surface area contributed by atoms with Crippen LogP contribution in [0.3, 0.4) is 0 Å². The summed E-state index contributed by atoms with van der Waals surface area (Å²) in [6.45, 7) is 8.92. The van der Waals surface area contributed by atoms with Crippen molar-refractivity contribution in [1.29, 1.82) is 0 Å². The van der Waals surface area contributed by atoms with Crippen molar-refractivity contribution in [3.05, 3.63) is 57.7 Å². The van der Waals surface area contributed by atoms with Gasteiger partial charge in [-0.05, 0) is 47.7 Å². The highest BCUT2D eigenvalue weighted by Crippen LogP contribution is 2.26. The van der Waals surface area contributed by atoms with Crippen LogP contribution < -0.4 is 9.60 Å². The molecule has 0 saturated carbocycles. The lowest BCUT2D eigenvalue weighted by atomic mass is 9.87. The van der Waals surface area contributed by atoms with E-state index in [0.29, 0.717) is 12.2 Å². The first-order valence-corrected chi connectivity index (χ1v) is 11.2. The molecule has 5 nitrogen and oxygen atoms in total. The van der Waals surface area contributed by atoms with Gasteiger partial charge in [-0.15, -0.1) is 0 Å². The van der Waals surface area contributed by atoms with Gasteiger partial charge in [-0.1, -0.05) is 51.2 Å². The van der Waals surface area contributed by atoms with E-state index < -0.39 is 10.0 Å². The second-order valence-corrected chi connectivity index (χ2v) is 10.3. The van der Waals surface area contributed by atoms with Crippen molar-refractivity contribution in [3.63, 3.8) is 0 Å². The second-order valence-electron chi connectivity index (χ2n) is 7.58. The Morgan fingerprint density at radius 3 is 2.33 bits per heavy atom. The molecule has 0 aliphatic rings. The van der Waals surface area contributed by atoms with Crippen LogP contribution in [0.5, 0.6) is 0 Å². The Hall–Kier alpha value is -2.12. The van der Waals surface area contributed by atoms with Crippen LogP contribution in [0.4, 0.5) is 5.69 Å². The van der Waals surface area contributed by atoms with Crippen LogP contribution in [-0.2, 0) is 22.0 Å². The summed E-state index contributed by atoms with van der Waals surface area (Å²) in [7, 11) is -3.69. The third-order valence-electron chi connectivity index (χ3n) is 4.40. The van der Waals surface area contributed by atoms with Crippen LogP contribution >= 0.6 is 11.3 Å². The normalized spacial score (nSPS) is 12.4. The highest BCUT2D eigenvalue weighted by molar-refractivity contribution is 7.92. The quantitative estimate of drug-likeness (QED) is 0.677. The number of benzene rings is 2. The minimum Gasteiger partial charge on any atom is -0.299 e. The van der Waals surface area contributed by atoms with Crippen molar-refractivity contribution in [2.45, 2.75) is 51.0 Å². The van der Waals surface area contributed by atoms with E-state index in [1.54, 1.807) is 34.9 Å². The molecule has 0 aliphatic carbocycles. The number of nitrogens with one attached hydrogen (secondary N) is 1. The fourth-order valence-corrected chi connectivity index (χ4v) is 4.92. The maximum Gasteiger partial charge on any atom is 0.308 e. The second kappa shape index (κ2) is 7.13. The molecule has 0 saturated heterocycles. The van der Waals surface area contributed by atoms with E-state index in [2.05, 4.69) is 25.5 Å². The van der Waals surface area contributed by atoms with Crippen molar-refractivity contribution < 1.29 is 8.42 Å². The molecule has 0 bridgehead atoms. The Morgan fingerprint density at radius 2 is 1.74 bits per heavy atom. The van der Waals surface area contributed by atoms with Crippen LogP contribution in [0.15, 0.2) is 52.2 Å². The number of aryl methyl sites for hydroxylation is 1. The average molecular weight is 405 g/mol. The molecule has 0 aliphatic heterocycles. The summed E-state index contributed by atoms with van der Waals surface area (Å²) < 4.78 is 30.5. The van der Waals surface area contributed by atoms with Gasteiger partial charge >= 0.3 is 4.87 Å². The van der Waals surface area contributed by atoms with Gasteiger partial charge in [0.25, 0.3) is 10.0 Å². The minimum absolute atomic E-state index is 0.0235. The van der Waals surface area contributed by atoms with E-state index in [9.17, 15) is 13.2 Å². The fraction of sp³-hybridized carbons (Fsp3) is 0.350. The summed E-state index contributed by atoms with van der Waals surface area (Å²) in [5.41, 5.74) is 2.32. The molecule has 0 atom stereocenters. The maximum atomic E-state index is 12.7. The van der Waals surface area contributed by atoms with Gasteiger partial charge in [-0.25, -0.2) is 8.42 Å². The van der Waals surface area contributed by atoms with Crippen LogP contribution in [0.25, 0.3) is 10.2 Å².